The number of rotatable bonds is 4. The summed E-state index contributed by atoms with van der Waals surface area (Å²) in [5.41, 5.74) is 6.60. The van der Waals surface area contributed by atoms with Crippen LogP contribution in [0.4, 0.5) is 4.39 Å². The van der Waals surface area contributed by atoms with E-state index in [0.29, 0.717) is 25.1 Å². The van der Waals surface area contributed by atoms with Crippen LogP contribution >= 0.6 is 0 Å². The van der Waals surface area contributed by atoms with E-state index in [1.54, 1.807) is 12.1 Å². The zero-order chi connectivity index (χ0) is 15.2. The Bertz CT molecular complexity index is 577. The minimum Gasteiger partial charge on any atom is -0.395 e. The average Bonchev–Trinajstić information content (AvgIpc) is 2.91. The second-order valence-electron chi connectivity index (χ2n) is 5.21. The van der Waals surface area contributed by atoms with Gasteiger partial charge in [0.2, 0.25) is 5.91 Å². The number of nitrogens with two attached hydrogens (primary N) is 1. The van der Waals surface area contributed by atoms with Gasteiger partial charge in [-0.3, -0.25) is 9.69 Å². The molecule has 112 valence electrons. The molecule has 1 amide bonds. The molecule has 0 spiro atoms. The van der Waals surface area contributed by atoms with Gasteiger partial charge in [-0.15, -0.1) is 0 Å². The summed E-state index contributed by atoms with van der Waals surface area (Å²) in [5.74, 6) is 4.74. The molecule has 1 unspecified atom stereocenters. The number of hydrogen-bond acceptors (Lipinski definition) is 3. The summed E-state index contributed by atoms with van der Waals surface area (Å²) >= 11 is 0. The van der Waals surface area contributed by atoms with Crippen LogP contribution in [0.5, 0.6) is 0 Å². The molecule has 0 bridgehead atoms. The number of nitrogens with zero attached hydrogens (tertiary/aromatic N) is 1. The number of aliphatic hydroxyl groups excluding tert-OH is 1. The van der Waals surface area contributed by atoms with Crippen molar-refractivity contribution in [3.8, 4) is 11.8 Å². The third-order valence-electron chi connectivity index (χ3n) is 3.57. The van der Waals surface area contributed by atoms with Crippen molar-refractivity contribution >= 4 is 5.91 Å². The van der Waals surface area contributed by atoms with E-state index >= 15 is 0 Å². The molecule has 1 aromatic carbocycles. The Morgan fingerprint density at radius 3 is 3.00 bits per heavy atom. The van der Waals surface area contributed by atoms with Crippen LogP contribution in [-0.4, -0.2) is 35.6 Å². The number of aliphatic hydroxyl groups is 1. The molecule has 1 aliphatic heterocycles. The minimum atomic E-state index is -0.361. The smallest absolute Gasteiger partial charge is 0.221 e. The Hall–Kier alpha value is -1.90. The van der Waals surface area contributed by atoms with E-state index in [1.807, 2.05) is 0 Å². The van der Waals surface area contributed by atoms with E-state index in [9.17, 15) is 9.18 Å². The first kappa shape index (κ1) is 15.5. The highest BCUT2D eigenvalue weighted by atomic mass is 19.1. The second kappa shape index (κ2) is 7.21. The molecule has 2 rings (SSSR count). The quantitative estimate of drug-likeness (QED) is 0.809. The molecule has 21 heavy (non-hydrogen) atoms. The fourth-order valence-corrected chi connectivity index (χ4v) is 2.45. The number of hydrogen-bond donors (Lipinski definition) is 2. The zero-order valence-electron chi connectivity index (χ0n) is 11.8. The number of primary amides is 1. The Labute approximate surface area is 123 Å². The van der Waals surface area contributed by atoms with Crippen LogP contribution in [0.15, 0.2) is 18.2 Å². The van der Waals surface area contributed by atoms with Crippen LogP contribution in [0.25, 0.3) is 0 Å². The summed E-state index contributed by atoms with van der Waals surface area (Å²) in [6, 6.07) is 4.85. The highest BCUT2D eigenvalue weighted by molar-refractivity contribution is 5.77. The van der Waals surface area contributed by atoms with Gasteiger partial charge in [-0.1, -0.05) is 17.9 Å². The third kappa shape index (κ3) is 4.28. The van der Waals surface area contributed by atoms with Crippen molar-refractivity contribution in [1.29, 1.82) is 0 Å². The first-order chi connectivity index (χ1) is 10.1. The summed E-state index contributed by atoms with van der Waals surface area (Å²) in [5, 5.41) is 8.69. The van der Waals surface area contributed by atoms with Crippen LogP contribution in [0, 0.1) is 23.6 Å². The van der Waals surface area contributed by atoms with Gasteiger partial charge in [0.1, 0.15) is 5.82 Å². The van der Waals surface area contributed by atoms with Gasteiger partial charge in [0.15, 0.2) is 0 Å². The van der Waals surface area contributed by atoms with Gasteiger partial charge in [-0.05, 0) is 30.7 Å². The Morgan fingerprint density at radius 2 is 2.33 bits per heavy atom. The molecular weight excluding hydrogens is 271 g/mol. The van der Waals surface area contributed by atoms with Crippen LogP contribution in [-0.2, 0) is 11.3 Å². The molecule has 1 atom stereocenters. The molecule has 1 aliphatic rings. The standard InChI is InChI=1S/C16H19FN2O2/c17-15-5-4-12(9-13(15)3-1-2-8-20)10-19-7-6-14(11-19)16(18)21/h4-5,9,14,20H,2,6-8,10-11H2,(H2,18,21). The molecule has 0 saturated carbocycles. The summed E-state index contributed by atoms with van der Waals surface area (Å²) in [4.78, 5) is 13.3. The van der Waals surface area contributed by atoms with Gasteiger partial charge in [-0.25, -0.2) is 4.39 Å². The fourth-order valence-electron chi connectivity index (χ4n) is 2.45. The first-order valence-electron chi connectivity index (χ1n) is 7.00. The number of carbonyl (C=O) groups excluding carboxylic acids is 1. The lowest BCUT2D eigenvalue weighted by molar-refractivity contribution is -0.121. The van der Waals surface area contributed by atoms with Crippen molar-refractivity contribution in [2.75, 3.05) is 19.7 Å². The lowest BCUT2D eigenvalue weighted by Gasteiger charge is -2.15. The van der Waals surface area contributed by atoms with Crippen LogP contribution in [0.2, 0.25) is 0 Å². The fraction of sp³-hybridized carbons (Fsp3) is 0.438. The number of benzene rings is 1. The SMILES string of the molecule is NC(=O)C1CCN(Cc2ccc(F)c(C#CCCO)c2)C1. The molecule has 0 radical (unpaired) electrons. The van der Waals surface area contributed by atoms with Gasteiger partial charge in [0.25, 0.3) is 0 Å². The molecule has 1 aromatic rings. The van der Waals surface area contributed by atoms with Gasteiger partial charge in [-0.2, -0.15) is 0 Å². The van der Waals surface area contributed by atoms with Crippen LogP contribution in [0.1, 0.15) is 24.0 Å². The molecular formula is C16H19FN2O2. The summed E-state index contributed by atoms with van der Waals surface area (Å²) < 4.78 is 13.6. The van der Waals surface area contributed by atoms with Crippen molar-refractivity contribution in [2.45, 2.75) is 19.4 Å². The number of amides is 1. The highest BCUT2D eigenvalue weighted by Crippen LogP contribution is 2.19. The predicted octanol–water partition coefficient (Wildman–Crippen LogP) is 0.867. The van der Waals surface area contributed by atoms with Crippen LogP contribution < -0.4 is 5.73 Å². The largest absolute Gasteiger partial charge is 0.395 e. The molecule has 0 aliphatic carbocycles. The number of likely N-dealkylation sites (tertiary alicyclic amines) is 1. The normalized spacial score (nSPS) is 18.3. The number of carbonyl (C=O) groups is 1. The van der Waals surface area contributed by atoms with Crippen molar-refractivity contribution in [3.05, 3.63) is 35.1 Å². The molecule has 5 heteroatoms. The first-order valence-corrected chi connectivity index (χ1v) is 7.00. The zero-order valence-corrected chi connectivity index (χ0v) is 11.8. The molecule has 0 aromatic heterocycles. The van der Waals surface area contributed by atoms with Gasteiger partial charge < -0.3 is 10.8 Å². The topological polar surface area (TPSA) is 66.6 Å². The van der Waals surface area contributed by atoms with Gasteiger partial charge in [0, 0.05) is 19.5 Å². The minimum absolute atomic E-state index is 0.0312. The van der Waals surface area contributed by atoms with Gasteiger partial charge >= 0.3 is 0 Å². The maximum atomic E-state index is 13.6. The van der Waals surface area contributed by atoms with E-state index in [1.165, 1.54) is 6.07 Å². The molecule has 1 saturated heterocycles. The third-order valence-corrected chi connectivity index (χ3v) is 3.57. The maximum absolute atomic E-state index is 13.6. The van der Waals surface area contributed by atoms with E-state index < -0.39 is 0 Å². The molecule has 3 N–H and O–H groups in total. The maximum Gasteiger partial charge on any atom is 0.221 e. The van der Waals surface area contributed by atoms with Crippen molar-refractivity contribution in [2.24, 2.45) is 11.7 Å². The lowest BCUT2D eigenvalue weighted by Crippen LogP contribution is -2.27. The van der Waals surface area contributed by atoms with Crippen molar-refractivity contribution in [3.63, 3.8) is 0 Å². The van der Waals surface area contributed by atoms with Crippen molar-refractivity contribution < 1.29 is 14.3 Å². The monoisotopic (exact) mass is 290 g/mol. The van der Waals surface area contributed by atoms with Crippen molar-refractivity contribution in [1.82, 2.24) is 4.90 Å². The Kier molecular flexibility index (Phi) is 5.32. The van der Waals surface area contributed by atoms with E-state index in [2.05, 4.69) is 16.7 Å². The number of halogens is 1. The van der Waals surface area contributed by atoms with Gasteiger partial charge in [0.05, 0.1) is 18.1 Å². The van der Waals surface area contributed by atoms with E-state index in [-0.39, 0.29) is 24.2 Å². The molecule has 1 fully saturated rings. The summed E-state index contributed by atoms with van der Waals surface area (Å²) in [6.07, 6.45) is 1.11. The second-order valence-corrected chi connectivity index (χ2v) is 5.21. The molecule has 1 heterocycles. The summed E-state index contributed by atoms with van der Waals surface area (Å²) in [6.45, 7) is 2.09. The summed E-state index contributed by atoms with van der Waals surface area (Å²) in [7, 11) is 0. The van der Waals surface area contributed by atoms with Crippen LogP contribution in [0.3, 0.4) is 0 Å². The molecule has 4 nitrogen and oxygen atoms in total. The predicted molar refractivity (Wildman–Crippen MR) is 77.6 cm³/mol. The van der Waals surface area contributed by atoms with E-state index in [0.717, 1.165) is 18.5 Å². The lowest BCUT2D eigenvalue weighted by atomic mass is 10.1. The average molecular weight is 290 g/mol. The Morgan fingerprint density at radius 1 is 1.52 bits per heavy atom. The van der Waals surface area contributed by atoms with E-state index in [4.69, 9.17) is 10.8 Å². The highest BCUT2D eigenvalue weighted by Gasteiger charge is 2.26. The Balaban J connectivity index is 2.03.